The monoisotopic (exact) mass is 388 g/mol. The van der Waals surface area contributed by atoms with E-state index in [9.17, 15) is 4.79 Å². The van der Waals surface area contributed by atoms with E-state index in [1.807, 2.05) is 50.2 Å². The van der Waals surface area contributed by atoms with Crippen molar-refractivity contribution in [1.82, 2.24) is 19.9 Å². The summed E-state index contributed by atoms with van der Waals surface area (Å²) in [5.41, 5.74) is 4.52. The first-order valence-electron chi connectivity index (χ1n) is 9.15. The molecule has 3 aromatic heterocycles. The average Bonchev–Trinajstić information content (AvgIpc) is 3.10. The number of hydrogen-bond acceptors (Lipinski definition) is 6. The highest BCUT2D eigenvalue weighted by Crippen LogP contribution is 2.28. The highest BCUT2D eigenvalue weighted by atomic mass is 16.5. The number of benzene rings is 1. The van der Waals surface area contributed by atoms with Crippen LogP contribution in [0.3, 0.4) is 0 Å². The first kappa shape index (κ1) is 18.6. The lowest BCUT2D eigenvalue weighted by Crippen LogP contribution is -2.23. The van der Waals surface area contributed by atoms with Crippen LogP contribution in [0.5, 0.6) is 5.75 Å². The summed E-state index contributed by atoms with van der Waals surface area (Å²) in [6, 6.07) is 12.9. The van der Waals surface area contributed by atoms with Crippen molar-refractivity contribution in [3.63, 3.8) is 0 Å². The smallest absolute Gasteiger partial charge is 0.267 e. The van der Waals surface area contributed by atoms with E-state index in [0.29, 0.717) is 22.8 Å². The number of aromatic nitrogens is 4. The second-order valence-corrected chi connectivity index (χ2v) is 6.69. The predicted octanol–water partition coefficient (Wildman–Crippen LogP) is 3.63. The SMILES string of the molecule is COc1ccccc1-c1cnn(Cc2c(-c3ccc(C)nc3)noc2C)c(=O)c1. The van der Waals surface area contributed by atoms with Gasteiger partial charge >= 0.3 is 0 Å². The molecule has 29 heavy (non-hydrogen) atoms. The third kappa shape index (κ3) is 3.67. The Balaban J connectivity index is 1.69. The molecule has 0 bridgehead atoms. The fourth-order valence-corrected chi connectivity index (χ4v) is 3.14. The lowest BCUT2D eigenvalue weighted by atomic mass is 10.1. The maximum Gasteiger partial charge on any atom is 0.267 e. The molecule has 0 N–H and O–H groups in total. The summed E-state index contributed by atoms with van der Waals surface area (Å²) in [6.07, 6.45) is 3.41. The molecule has 0 radical (unpaired) electrons. The van der Waals surface area contributed by atoms with E-state index in [0.717, 1.165) is 22.4 Å². The molecule has 0 saturated carbocycles. The quantitative estimate of drug-likeness (QED) is 0.519. The van der Waals surface area contributed by atoms with Crippen molar-refractivity contribution in [3.05, 3.63) is 82.2 Å². The van der Waals surface area contributed by atoms with Crippen LogP contribution in [0.15, 0.2) is 64.2 Å². The predicted molar refractivity (Wildman–Crippen MR) is 109 cm³/mol. The number of pyridine rings is 1. The average molecular weight is 388 g/mol. The highest BCUT2D eigenvalue weighted by Gasteiger charge is 2.17. The molecule has 0 fully saturated rings. The topological polar surface area (TPSA) is 83.0 Å². The molecule has 1 aromatic carbocycles. The largest absolute Gasteiger partial charge is 0.496 e. The van der Waals surface area contributed by atoms with Gasteiger partial charge in [0.05, 0.1) is 19.9 Å². The van der Waals surface area contributed by atoms with E-state index in [-0.39, 0.29) is 12.1 Å². The Kier molecular flexibility index (Phi) is 4.95. The van der Waals surface area contributed by atoms with Crippen molar-refractivity contribution < 1.29 is 9.26 Å². The van der Waals surface area contributed by atoms with Crippen molar-refractivity contribution in [2.24, 2.45) is 0 Å². The van der Waals surface area contributed by atoms with Gasteiger partial charge in [0.15, 0.2) is 0 Å². The molecular weight excluding hydrogens is 368 g/mol. The summed E-state index contributed by atoms with van der Waals surface area (Å²) in [6.45, 7) is 4.00. The summed E-state index contributed by atoms with van der Waals surface area (Å²) in [5.74, 6) is 1.33. The van der Waals surface area contributed by atoms with E-state index >= 15 is 0 Å². The van der Waals surface area contributed by atoms with Gasteiger partial charge in [-0.05, 0) is 32.0 Å². The second-order valence-electron chi connectivity index (χ2n) is 6.69. The summed E-state index contributed by atoms with van der Waals surface area (Å²) >= 11 is 0. The highest BCUT2D eigenvalue weighted by molar-refractivity contribution is 5.69. The van der Waals surface area contributed by atoms with Crippen molar-refractivity contribution in [2.75, 3.05) is 7.11 Å². The first-order chi connectivity index (χ1) is 14.1. The molecule has 146 valence electrons. The Morgan fingerprint density at radius 3 is 2.62 bits per heavy atom. The summed E-state index contributed by atoms with van der Waals surface area (Å²) < 4.78 is 12.2. The summed E-state index contributed by atoms with van der Waals surface area (Å²) in [5, 5.41) is 8.51. The van der Waals surface area contributed by atoms with Crippen molar-refractivity contribution >= 4 is 0 Å². The van der Waals surface area contributed by atoms with E-state index in [1.165, 1.54) is 4.68 Å². The minimum atomic E-state index is -0.220. The van der Waals surface area contributed by atoms with Gasteiger partial charge < -0.3 is 9.26 Å². The van der Waals surface area contributed by atoms with Crippen LogP contribution in [0.25, 0.3) is 22.4 Å². The lowest BCUT2D eigenvalue weighted by molar-refractivity contribution is 0.397. The number of nitrogens with zero attached hydrogens (tertiary/aromatic N) is 4. The van der Waals surface area contributed by atoms with Gasteiger partial charge in [0.1, 0.15) is 17.2 Å². The molecule has 7 nitrogen and oxygen atoms in total. The minimum absolute atomic E-state index is 0.220. The van der Waals surface area contributed by atoms with Gasteiger partial charge in [-0.25, -0.2) is 4.68 Å². The lowest BCUT2D eigenvalue weighted by Gasteiger charge is -2.09. The molecule has 4 aromatic rings. The number of aryl methyl sites for hydroxylation is 2. The van der Waals surface area contributed by atoms with Crippen LogP contribution in [0.4, 0.5) is 0 Å². The molecule has 0 unspecified atom stereocenters. The molecule has 0 amide bonds. The summed E-state index contributed by atoms with van der Waals surface area (Å²) in [7, 11) is 1.60. The molecule has 0 aliphatic carbocycles. The maximum atomic E-state index is 12.7. The normalized spacial score (nSPS) is 10.9. The standard InChI is InChI=1S/C22H20N4O3/c1-14-8-9-16(11-23-14)22-19(15(2)29-25-22)13-26-21(27)10-17(12-24-26)18-6-4-5-7-20(18)28-3/h4-12H,13H2,1-3H3. The first-order valence-corrected chi connectivity index (χ1v) is 9.15. The molecule has 0 aliphatic rings. The third-order valence-electron chi connectivity index (χ3n) is 4.76. The van der Waals surface area contributed by atoms with Crippen molar-refractivity contribution in [3.8, 4) is 28.1 Å². The maximum absolute atomic E-state index is 12.7. The van der Waals surface area contributed by atoms with Crippen LogP contribution >= 0.6 is 0 Å². The van der Waals surface area contributed by atoms with Crippen LogP contribution in [0.1, 0.15) is 17.0 Å². The van der Waals surface area contributed by atoms with Crippen molar-refractivity contribution in [1.29, 1.82) is 0 Å². The van der Waals surface area contributed by atoms with Crippen LogP contribution in [0.2, 0.25) is 0 Å². The molecule has 7 heteroatoms. The molecular formula is C22H20N4O3. The van der Waals surface area contributed by atoms with Crippen LogP contribution < -0.4 is 10.3 Å². The van der Waals surface area contributed by atoms with Gasteiger partial charge in [-0.2, -0.15) is 5.10 Å². The zero-order valence-electron chi connectivity index (χ0n) is 16.4. The van der Waals surface area contributed by atoms with Crippen LogP contribution in [-0.4, -0.2) is 27.0 Å². The van der Waals surface area contributed by atoms with Gasteiger partial charge in [-0.15, -0.1) is 0 Å². The zero-order chi connectivity index (χ0) is 20.4. The van der Waals surface area contributed by atoms with Gasteiger partial charge in [0, 0.05) is 40.2 Å². The van der Waals surface area contributed by atoms with Gasteiger partial charge in [-0.1, -0.05) is 23.4 Å². The number of rotatable bonds is 5. The Morgan fingerprint density at radius 1 is 1.07 bits per heavy atom. The van der Waals surface area contributed by atoms with Crippen LogP contribution in [0, 0.1) is 13.8 Å². The minimum Gasteiger partial charge on any atom is -0.496 e. The van der Waals surface area contributed by atoms with Gasteiger partial charge in [0.25, 0.3) is 5.56 Å². The van der Waals surface area contributed by atoms with Gasteiger partial charge in [0.2, 0.25) is 0 Å². The van der Waals surface area contributed by atoms with E-state index in [4.69, 9.17) is 9.26 Å². The molecule has 0 aliphatic heterocycles. The van der Waals surface area contributed by atoms with E-state index in [1.54, 1.807) is 25.6 Å². The zero-order valence-corrected chi connectivity index (χ0v) is 16.4. The second kappa shape index (κ2) is 7.71. The fourth-order valence-electron chi connectivity index (χ4n) is 3.14. The number of para-hydroxylation sites is 1. The Labute approximate surface area is 167 Å². The summed E-state index contributed by atoms with van der Waals surface area (Å²) in [4.78, 5) is 17.1. The van der Waals surface area contributed by atoms with E-state index in [2.05, 4.69) is 15.2 Å². The molecule has 4 rings (SSSR count). The Hall–Kier alpha value is -3.74. The number of methoxy groups -OCH3 is 1. The Morgan fingerprint density at radius 2 is 1.90 bits per heavy atom. The molecule has 3 heterocycles. The van der Waals surface area contributed by atoms with E-state index < -0.39 is 0 Å². The van der Waals surface area contributed by atoms with Crippen molar-refractivity contribution in [2.45, 2.75) is 20.4 Å². The van der Waals surface area contributed by atoms with Gasteiger partial charge in [-0.3, -0.25) is 9.78 Å². The molecule has 0 atom stereocenters. The fraction of sp³-hybridized carbons (Fsp3) is 0.182. The molecule has 0 spiro atoms. The number of hydrogen-bond donors (Lipinski definition) is 0. The van der Waals surface area contributed by atoms with Crippen LogP contribution in [-0.2, 0) is 6.54 Å². The third-order valence-corrected chi connectivity index (χ3v) is 4.76. The Bertz CT molecular complexity index is 1210. The number of ether oxygens (including phenoxy) is 1. The molecule has 0 saturated heterocycles.